The van der Waals surface area contributed by atoms with Gasteiger partial charge >= 0.3 is 0 Å². The molecule has 2 rings (SSSR count). The molecule has 112 valence electrons. The molecule has 8 heteroatoms. The lowest BCUT2D eigenvalue weighted by molar-refractivity contribution is 0.272. The standard InChI is InChI=1S/C12H16BrNO4S2/c1-12(7-8-19(15,16)9-12)14(2)20(17,18)11-5-3-10(13)4-6-11/h3-6H,7-9H2,1-2H3/t12-/m0/s1. The smallest absolute Gasteiger partial charge is 0.229 e. The molecule has 1 aliphatic rings. The number of hydrogen-bond acceptors (Lipinski definition) is 4. The summed E-state index contributed by atoms with van der Waals surface area (Å²) >= 11 is 3.25. The fraction of sp³-hybridized carbons (Fsp3) is 0.500. The molecule has 0 N–H and O–H groups in total. The van der Waals surface area contributed by atoms with Crippen molar-refractivity contribution in [1.82, 2.24) is 4.31 Å². The normalized spacial score (nSPS) is 26.0. The number of benzene rings is 1. The van der Waals surface area contributed by atoms with Crippen LogP contribution in [0.15, 0.2) is 33.6 Å². The Bertz CT molecular complexity index is 712. The maximum absolute atomic E-state index is 12.6. The van der Waals surface area contributed by atoms with Crippen molar-refractivity contribution in [2.45, 2.75) is 23.8 Å². The van der Waals surface area contributed by atoms with Gasteiger partial charge in [-0.05, 0) is 37.6 Å². The van der Waals surface area contributed by atoms with Crippen LogP contribution in [0.2, 0.25) is 0 Å². The highest BCUT2D eigenvalue weighted by atomic mass is 79.9. The number of nitrogens with zero attached hydrogens (tertiary/aromatic N) is 1. The second-order valence-electron chi connectivity index (χ2n) is 5.27. The monoisotopic (exact) mass is 381 g/mol. The fourth-order valence-electron chi connectivity index (χ4n) is 2.30. The van der Waals surface area contributed by atoms with Crippen LogP contribution in [0.25, 0.3) is 0 Å². The van der Waals surface area contributed by atoms with E-state index in [2.05, 4.69) is 15.9 Å². The Kier molecular flexibility index (Phi) is 4.05. The van der Waals surface area contributed by atoms with Gasteiger partial charge in [0.2, 0.25) is 10.0 Å². The summed E-state index contributed by atoms with van der Waals surface area (Å²) in [5.74, 6) is -0.101. The Hall–Kier alpha value is -0.440. The summed E-state index contributed by atoms with van der Waals surface area (Å²) in [6, 6.07) is 6.30. The fourth-order valence-corrected chi connectivity index (χ4v) is 6.36. The molecule has 5 nitrogen and oxygen atoms in total. The van der Waals surface area contributed by atoms with Crippen molar-refractivity contribution >= 4 is 35.8 Å². The van der Waals surface area contributed by atoms with Crippen LogP contribution in [0.1, 0.15) is 13.3 Å². The van der Waals surface area contributed by atoms with Crippen molar-refractivity contribution in [2.24, 2.45) is 0 Å². The molecular formula is C12H16BrNO4S2. The maximum atomic E-state index is 12.6. The summed E-state index contributed by atoms with van der Waals surface area (Å²) in [7, 11) is -5.42. The zero-order valence-corrected chi connectivity index (χ0v) is 14.4. The molecule has 1 atom stereocenters. The van der Waals surface area contributed by atoms with Gasteiger partial charge in [0, 0.05) is 17.1 Å². The first-order valence-electron chi connectivity index (χ1n) is 6.02. The second kappa shape index (κ2) is 5.08. The van der Waals surface area contributed by atoms with E-state index in [-0.39, 0.29) is 16.4 Å². The van der Waals surface area contributed by atoms with E-state index in [4.69, 9.17) is 0 Å². The van der Waals surface area contributed by atoms with E-state index in [9.17, 15) is 16.8 Å². The molecule has 0 amide bonds. The van der Waals surface area contributed by atoms with E-state index in [0.717, 1.165) is 4.47 Å². The maximum Gasteiger partial charge on any atom is 0.243 e. The van der Waals surface area contributed by atoms with Gasteiger partial charge in [0.25, 0.3) is 0 Å². The molecule has 20 heavy (non-hydrogen) atoms. The van der Waals surface area contributed by atoms with Gasteiger partial charge in [-0.1, -0.05) is 15.9 Å². The van der Waals surface area contributed by atoms with Crippen LogP contribution in [-0.4, -0.2) is 45.2 Å². The molecule has 0 aromatic heterocycles. The third-order valence-corrected chi connectivity index (χ3v) is 8.16. The van der Waals surface area contributed by atoms with Crippen LogP contribution >= 0.6 is 15.9 Å². The van der Waals surface area contributed by atoms with E-state index in [0.29, 0.717) is 6.42 Å². The van der Waals surface area contributed by atoms with Gasteiger partial charge in [-0.15, -0.1) is 0 Å². The third kappa shape index (κ3) is 2.93. The zero-order valence-electron chi connectivity index (χ0n) is 11.2. The predicted octanol–water partition coefficient (Wildman–Crippen LogP) is 1.65. The average Bonchev–Trinajstić information content (AvgIpc) is 2.64. The van der Waals surface area contributed by atoms with Crippen molar-refractivity contribution < 1.29 is 16.8 Å². The van der Waals surface area contributed by atoms with Crippen LogP contribution in [-0.2, 0) is 19.9 Å². The highest BCUT2D eigenvalue weighted by molar-refractivity contribution is 9.10. The number of rotatable bonds is 3. The first-order chi connectivity index (χ1) is 9.07. The lowest BCUT2D eigenvalue weighted by Gasteiger charge is -2.33. The Morgan fingerprint density at radius 2 is 1.80 bits per heavy atom. The molecule has 0 aliphatic carbocycles. The van der Waals surface area contributed by atoms with E-state index in [1.165, 1.54) is 23.5 Å². The number of sulfone groups is 1. The predicted molar refractivity (Wildman–Crippen MR) is 80.8 cm³/mol. The highest BCUT2D eigenvalue weighted by Gasteiger charge is 2.46. The van der Waals surface area contributed by atoms with Gasteiger partial charge in [0.15, 0.2) is 9.84 Å². The molecule has 1 heterocycles. The molecule has 0 radical (unpaired) electrons. The van der Waals surface area contributed by atoms with Gasteiger partial charge < -0.3 is 0 Å². The van der Waals surface area contributed by atoms with Crippen molar-refractivity contribution in [2.75, 3.05) is 18.6 Å². The average molecular weight is 382 g/mol. The van der Waals surface area contributed by atoms with Gasteiger partial charge in [0.1, 0.15) is 0 Å². The molecule has 1 saturated heterocycles. The minimum atomic E-state index is -3.70. The molecule has 1 aliphatic heterocycles. The summed E-state index contributed by atoms with van der Waals surface area (Å²) in [5.41, 5.74) is -0.884. The summed E-state index contributed by atoms with van der Waals surface area (Å²) < 4.78 is 50.4. The lowest BCUT2D eigenvalue weighted by Crippen LogP contribution is -2.48. The van der Waals surface area contributed by atoms with Crippen LogP contribution in [0, 0.1) is 0 Å². The molecule has 0 spiro atoms. The molecule has 0 bridgehead atoms. The molecule has 0 saturated carbocycles. The van der Waals surface area contributed by atoms with Crippen molar-refractivity contribution in [3.63, 3.8) is 0 Å². The van der Waals surface area contributed by atoms with E-state index >= 15 is 0 Å². The van der Waals surface area contributed by atoms with E-state index < -0.39 is 25.4 Å². The van der Waals surface area contributed by atoms with Crippen molar-refractivity contribution in [1.29, 1.82) is 0 Å². The first-order valence-corrected chi connectivity index (χ1v) is 10.1. The number of hydrogen-bond donors (Lipinski definition) is 0. The van der Waals surface area contributed by atoms with Crippen LogP contribution in [0.3, 0.4) is 0 Å². The Balaban J connectivity index is 2.37. The van der Waals surface area contributed by atoms with E-state index in [1.807, 2.05) is 0 Å². The van der Waals surface area contributed by atoms with Crippen molar-refractivity contribution in [3.8, 4) is 0 Å². The van der Waals surface area contributed by atoms with Gasteiger partial charge in [-0.3, -0.25) is 0 Å². The summed E-state index contributed by atoms with van der Waals surface area (Å²) in [4.78, 5) is 0.161. The minimum absolute atomic E-state index is 0.0314. The summed E-state index contributed by atoms with van der Waals surface area (Å²) in [6.07, 6.45) is 0.321. The van der Waals surface area contributed by atoms with Gasteiger partial charge in [-0.25, -0.2) is 16.8 Å². The molecule has 1 aromatic carbocycles. The van der Waals surface area contributed by atoms with Crippen LogP contribution in [0.5, 0.6) is 0 Å². The quantitative estimate of drug-likeness (QED) is 0.797. The van der Waals surface area contributed by atoms with Gasteiger partial charge in [0.05, 0.1) is 16.4 Å². The van der Waals surface area contributed by atoms with E-state index in [1.54, 1.807) is 19.1 Å². The largest absolute Gasteiger partial charge is 0.243 e. The zero-order chi connectivity index (χ0) is 15.2. The van der Waals surface area contributed by atoms with Crippen LogP contribution < -0.4 is 0 Å². The molecule has 0 unspecified atom stereocenters. The highest BCUT2D eigenvalue weighted by Crippen LogP contribution is 2.32. The Morgan fingerprint density at radius 1 is 1.25 bits per heavy atom. The minimum Gasteiger partial charge on any atom is -0.229 e. The topological polar surface area (TPSA) is 71.5 Å². The first kappa shape index (κ1) is 15.9. The van der Waals surface area contributed by atoms with Crippen molar-refractivity contribution in [3.05, 3.63) is 28.7 Å². The molecule has 1 aromatic rings. The lowest BCUT2D eigenvalue weighted by atomic mass is 10.0. The molecule has 1 fully saturated rings. The Morgan fingerprint density at radius 3 is 2.25 bits per heavy atom. The Labute approximate surface area is 128 Å². The summed E-state index contributed by atoms with van der Waals surface area (Å²) in [6.45, 7) is 1.67. The second-order valence-corrected chi connectivity index (χ2v) is 10.3. The third-order valence-electron chi connectivity index (χ3n) is 3.71. The number of sulfonamides is 1. The SMILES string of the molecule is CN([C@@]1(C)CCS(=O)(=O)C1)S(=O)(=O)c1ccc(Br)cc1. The van der Waals surface area contributed by atoms with Crippen LogP contribution in [0.4, 0.5) is 0 Å². The summed E-state index contributed by atoms with van der Waals surface area (Å²) in [5, 5.41) is 0. The molecular weight excluding hydrogens is 366 g/mol. The number of halogens is 1. The van der Waals surface area contributed by atoms with Gasteiger partial charge in [-0.2, -0.15) is 4.31 Å².